The highest BCUT2D eigenvalue weighted by Crippen LogP contribution is 2.16. The molecule has 0 fully saturated rings. The largest absolute Gasteiger partial charge is 0.385 e. The van der Waals surface area contributed by atoms with E-state index in [0.29, 0.717) is 6.07 Å². The van der Waals surface area contributed by atoms with E-state index in [4.69, 9.17) is 21.1 Å². The van der Waals surface area contributed by atoms with Gasteiger partial charge in [0.2, 0.25) is 0 Å². The van der Waals surface area contributed by atoms with E-state index in [0.717, 1.165) is 44.2 Å². The van der Waals surface area contributed by atoms with E-state index in [-0.39, 0.29) is 0 Å². The summed E-state index contributed by atoms with van der Waals surface area (Å²) in [4.78, 5) is 14.3. The quantitative estimate of drug-likeness (QED) is 0.115. The Morgan fingerprint density at radius 1 is 0.784 bits per heavy atom. The van der Waals surface area contributed by atoms with Gasteiger partial charge in [-0.05, 0) is 68.2 Å². The van der Waals surface area contributed by atoms with Crippen LogP contribution >= 0.6 is 43.5 Å². The Kier molecular flexibility index (Phi) is 16.1. The van der Waals surface area contributed by atoms with Gasteiger partial charge in [0, 0.05) is 81.0 Å². The van der Waals surface area contributed by atoms with Crippen LogP contribution in [0.4, 0.5) is 0 Å². The number of nitrogens with zero attached hydrogens (tertiary/aromatic N) is 2. The summed E-state index contributed by atoms with van der Waals surface area (Å²) < 4.78 is 12.0. The fourth-order valence-corrected chi connectivity index (χ4v) is 5.05. The molecule has 0 aliphatic rings. The molecule has 4 aromatic heterocycles. The molecule has 206 valence electrons. The van der Waals surface area contributed by atoms with Gasteiger partial charge in [0.25, 0.3) is 0 Å². The summed E-state index contributed by atoms with van der Waals surface area (Å²) in [6.07, 6.45) is 7.31. The fraction of sp³-hybridized carbons (Fsp3) is 0.462. The maximum atomic E-state index is 5.32. The molecular weight excluding hydrogens is 652 g/mol. The molecule has 2 N–H and O–H groups in total. The van der Waals surface area contributed by atoms with E-state index in [1.807, 2.05) is 36.7 Å². The summed E-state index contributed by atoms with van der Waals surface area (Å²) in [5.41, 5.74) is 1.87. The minimum atomic E-state index is -0.878. The lowest BCUT2D eigenvalue weighted by Gasteiger charge is -2.14. The van der Waals surface area contributed by atoms with Crippen LogP contribution in [0.3, 0.4) is 0 Å². The molecule has 0 aromatic carbocycles. The van der Waals surface area contributed by atoms with Crippen LogP contribution in [0.2, 0.25) is 51.4 Å². The Balaban J connectivity index is 0.000000248. The number of fused-ring (bicyclic) bond motifs is 2. The number of ether oxygens (including phenoxy) is 2. The highest BCUT2D eigenvalue weighted by Gasteiger charge is 2.11. The second-order valence-electron chi connectivity index (χ2n) is 10.8. The van der Waals surface area contributed by atoms with Crippen molar-refractivity contribution in [1.82, 2.24) is 19.9 Å². The number of hydrogen-bond acceptors (Lipinski definition) is 4. The first-order valence-corrected chi connectivity index (χ1v) is 21.7. The smallest absolute Gasteiger partial charge is 0.137 e. The molecule has 4 rings (SSSR count). The second kappa shape index (κ2) is 17.5. The maximum Gasteiger partial charge on any atom is 0.137 e. The van der Waals surface area contributed by atoms with Crippen LogP contribution in [0.25, 0.3) is 22.1 Å². The number of aromatic amines is 2. The third kappa shape index (κ3) is 16.5. The summed E-state index contributed by atoms with van der Waals surface area (Å²) in [7, 11) is 0.0827. The molecule has 0 saturated carbocycles. The van der Waals surface area contributed by atoms with Crippen LogP contribution in [0.15, 0.2) is 58.0 Å². The molecule has 37 heavy (non-hydrogen) atoms. The average molecular weight is 693 g/mol. The summed E-state index contributed by atoms with van der Waals surface area (Å²) in [5.74, 6) is 0. The van der Waals surface area contributed by atoms with Gasteiger partial charge in [0.1, 0.15) is 17.4 Å². The third-order valence-corrected chi connectivity index (χ3v) is 9.29. The Hall–Kier alpha value is -1.02. The van der Waals surface area contributed by atoms with Crippen molar-refractivity contribution in [1.29, 1.82) is 0 Å². The van der Waals surface area contributed by atoms with E-state index in [2.05, 4.69) is 91.1 Å². The molecule has 4 aromatic rings. The first-order valence-electron chi connectivity index (χ1n) is 12.1. The number of pyridine rings is 2. The van der Waals surface area contributed by atoms with Crippen LogP contribution in [0.5, 0.6) is 0 Å². The Bertz CT molecular complexity index is 1090. The van der Waals surface area contributed by atoms with E-state index < -0.39 is 16.1 Å². The first-order chi connectivity index (χ1) is 17.3. The van der Waals surface area contributed by atoms with Crippen LogP contribution in [0, 0.1) is 0 Å². The second-order valence-corrected chi connectivity index (χ2v) is 24.1. The molecule has 0 aliphatic heterocycles. The maximum absolute atomic E-state index is 5.32. The Morgan fingerprint density at radius 2 is 1.22 bits per heavy atom. The molecule has 6 nitrogen and oxygen atoms in total. The number of H-pyrrole nitrogens is 2. The molecule has 4 heterocycles. The predicted molar refractivity (Wildman–Crippen MR) is 172 cm³/mol. The number of alkyl halides is 1. The molecule has 0 radical (unpaired) electrons. The number of aromatic nitrogens is 4. The minimum Gasteiger partial charge on any atom is -0.385 e. The zero-order valence-corrected chi connectivity index (χ0v) is 28.9. The normalized spacial score (nSPS) is 11.2. The number of hydrogen-bond donors (Lipinski definition) is 2. The van der Waals surface area contributed by atoms with Crippen molar-refractivity contribution >= 4 is 81.7 Å². The standard InChI is InChI=1S/2C7H5BrN2.C6H15ClOSi.C6H16OSi/c2*8-6-3-5-1-2-9-7(5)10-4-6;1-9(2,3)5-4-8-6-7;1-7-5-6-8(2,3)4/h2*1-4H,(H,9,10);4-6H2,1-3H3;5-6H2,1-4H3. The van der Waals surface area contributed by atoms with E-state index >= 15 is 0 Å². The summed E-state index contributed by atoms with van der Waals surface area (Å²) in [6.45, 7) is 15.8. The molecule has 0 amide bonds. The SMILES string of the molecule is Brc1cnc2[nH]ccc2c1.Brc1cnc2[nH]ccc2c1.COCC[Si](C)(C)C.C[Si](C)(C)CCOCCl. The fourth-order valence-electron chi connectivity index (χ4n) is 2.67. The Labute approximate surface area is 245 Å². The van der Waals surface area contributed by atoms with Crippen molar-refractivity contribution in [3.05, 3.63) is 58.0 Å². The van der Waals surface area contributed by atoms with Crippen LogP contribution in [-0.2, 0) is 9.47 Å². The van der Waals surface area contributed by atoms with Crippen molar-refractivity contribution in [3.63, 3.8) is 0 Å². The molecule has 11 heteroatoms. The highest BCUT2D eigenvalue weighted by atomic mass is 79.9. The number of nitrogens with one attached hydrogen (secondary N) is 2. The predicted octanol–water partition coefficient (Wildman–Crippen LogP) is 9.16. The molecule has 0 saturated heterocycles. The van der Waals surface area contributed by atoms with Gasteiger partial charge in [0.15, 0.2) is 0 Å². The number of halogens is 3. The van der Waals surface area contributed by atoms with Gasteiger partial charge in [-0.15, -0.1) is 0 Å². The van der Waals surface area contributed by atoms with Crippen LogP contribution < -0.4 is 0 Å². The van der Waals surface area contributed by atoms with Gasteiger partial charge in [-0.1, -0.05) is 50.9 Å². The first kappa shape index (κ1) is 34.0. The lowest BCUT2D eigenvalue weighted by Crippen LogP contribution is -2.21. The molecule has 0 atom stereocenters. The number of rotatable bonds is 7. The van der Waals surface area contributed by atoms with Crippen molar-refractivity contribution in [2.75, 3.05) is 26.4 Å². The third-order valence-electron chi connectivity index (χ3n) is 4.86. The lowest BCUT2D eigenvalue weighted by atomic mass is 10.3. The molecular formula is C26H41Br2ClN4O2Si2. The molecule has 0 unspecified atom stereocenters. The monoisotopic (exact) mass is 690 g/mol. The summed E-state index contributed by atoms with van der Waals surface area (Å²) in [6, 6.07) is 10.9. The van der Waals surface area contributed by atoms with Crippen molar-refractivity contribution in [2.45, 2.75) is 51.4 Å². The van der Waals surface area contributed by atoms with Gasteiger partial charge in [0.05, 0.1) is 0 Å². The molecule has 0 aliphatic carbocycles. The zero-order chi connectivity index (χ0) is 27.9. The summed E-state index contributed by atoms with van der Waals surface area (Å²) >= 11 is 12.0. The van der Waals surface area contributed by atoms with Gasteiger partial charge in [-0.3, -0.25) is 0 Å². The zero-order valence-electron chi connectivity index (χ0n) is 23.0. The van der Waals surface area contributed by atoms with Gasteiger partial charge < -0.3 is 19.4 Å². The molecule has 0 spiro atoms. The lowest BCUT2D eigenvalue weighted by molar-refractivity contribution is 0.194. The van der Waals surface area contributed by atoms with Gasteiger partial charge in [-0.25, -0.2) is 9.97 Å². The highest BCUT2D eigenvalue weighted by molar-refractivity contribution is 9.10. The van der Waals surface area contributed by atoms with E-state index in [1.54, 1.807) is 19.5 Å². The molecule has 0 bridgehead atoms. The topological polar surface area (TPSA) is 75.8 Å². The van der Waals surface area contributed by atoms with Gasteiger partial charge in [-0.2, -0.15) is 0 Å². The summed E-state index contributed by atoms with van der Waals surface area (Å²) in [5, 5.41) is 2.27. The van der Waals surface area contributed by atoms with Gasteiger partial charge >= 0.3 is 0 Å². The van der Waals surface area contributed by atoms with Crippen molar-refractivity contribution in [2.24, 2.45) is 0 Å². The van der Waals surface area contributed by atoms with Crippen LogP contribution in [0.1, 0.15) is 0 Å². The van der Waals surface area contributed by atoms with Crippen LogP contribution in [-0.4, -0.2) is 62.5 Å². The van der Waals surface area contributed by atoms with Crippen molar-refractivity contribution in [3.8, 4) is 0 Å². The van der Waals surface area contributed by atoms with E-state index in [1.165, 1.54) is 12.1 Å². The average Bonchev–Trinajstić information content (AvgIpc) is 3.46. The number of methoxy groups -OCH3 is 1. The Morgan fingerprint density at radius 3 is 1.57 bits per heavy atom. The van der Waals surface area contributed by atoms with E-state index in [9.17, 15) is 0 Å². The minimum absolute atomic E-state index is 0.338. The van der Waals surface area contributed by atoms with Crippen molar-refractivity contribution < 1.29 is 9.47 Å².